The molecule has 3 heteroatoms. The van der Waals surface area contributed by atoms with Crippen molar-refractivity contribution in [3.05, 3.63) is 212 Å². The zero-order valence-corrected chi connectivity index (χ0v) is 32.0. The van der Waals surface area contributed by atoms with Gasteiger partial charge in [-0.25, -0.2) is 0 Å². The van der Waals surface area contributed by atoms with E-state index in [1.165, 1.54) is 43.8 Å². The van der Waals surface area contributed by atoms with Gasteiger partial charge in [0.25, 0.3) is 0 Å². The maximum atomic E-state index is 6.55. The fourth-order valence-electron chi connectivity index (χ4n) is 9.07. The molecule has 2 aromatic heterocycles. The van der Waals surface area contributed by atoms with Crippen LogP contribution in [-0.2, 0) is 0 Å². The quantitative estimate of drug-likeness (QED) is 0.169. The monoisotopic (exact) mass is 753 g/mol. The molecule has 2 heterocycles. The minimum atomic E-state index is 0.852. The normalized spacial score (nSPS) is 11.7. The smallest absolute Gasteiger partial charge is 0.136 e. The molecule has 0 N–H and O–H groups in total. The Hall–Kier alpha value is -7.88. The average molecular weight is 754 g/mol. The van der Waals surface area contributed by atoms with Gasteiger partial charge in [0.15, 0.2) is 0 Å². The molecular weight excluding hydrogens is 719 g/mol. The second-order valence-corrected chi connectivity index (χ2v) is 15.3. The molecule has 3 nitrogen and oxygen atoms in total. The predicted molar refractivity (Wildman–Crippen MR) is 247 cm³/mol. The van der Waals surface area contributed by atoms with Crippen LogP contribution in [0.4, 0.5) is 17.1 Å². The zero-order valence-electron chi connectivity index (χ0n) is 32.0. The SMILES string of the molecule is c1cc(-c2ccc3c(c2)oc2ccc4oc5ccccc5c4c23)cc(N(c2ccc(-c3cccc4ccccc34)cc2)c2ccc(-c3cccc4ccccc34)cc2)c1. The summed E-state index contributed by atoms with van der Waals surface area (Å²) < 4.78 is 12.8. The van der Waals surface area contributed by atoms with Crippen molar-refractivity contribution in [2.24, 2.45) is 0 Å². The largest absolute Gasteiger partial charge is 0.456 e. The molecule has 10 aromatic carbocycles. The van der Waals surface area contributed by atoms with Gasteiger partial charge in [0.2, 0.25) is 0 Å². The maximum absolute atomic E-state index is 6.55. The standard InChI is InChI=1S/C56H35NO2/c1-3-16-45-36(10-1)12-8-19-47(45)38-22-27-42(28-23-38)57(43-29-24-39(25-30-43)48-20-9-13-37-11-2-4-17-46(37)48)44-15-7-14-40(34-44)41-26-31-50-54(35-41)59-53-33-32-52-55(56(50)53)49-18-5-6-21-51(49)58-52/h1-35H. The fourth-order valence-corrected chi connectivity index (χ4v) is 9.07. The van der Waals surface area contributed by atoms with Crippen LogP contribution >= 0.6 is 0 Å². The van der Waals surface area contributed by atoms with Crippen LogP contribution in [0.1, 0.15) is 0 Å². The van der Waals surface area contributed by atoms with E-state index in [9.17, 15) is 0 Å². The molecule has 0 aliphatic heterocycles. The summed E-state index contributed by atoms with van der Waals surface area (Å²) >= 11 is 0. The highest BCUT2D eigenvalue weighted by Crippen LogP contribution is 2.43. The zero-order chi connectivity index (χ0) is 38.9. The number of hydrogen-bond acceptors (Lipinski definition) is 3. The van der Waals surface area contributed by atoms with E-state index < -0.39 is 0 Å². The van der Waals surface area contributed by atoms with E-state index in [1.54, 1.807) is 0 Å². The number of benzene rings is 10. The van der Waals surface area contributed by atoms with E-state index in [4.69, 9.17) is 8.83 Å². The van der Waals surface area contributed by atoms with Crippen molar-refractivity contribution < 1.29 is 8.83 Å². The Labute approximate surface area is 340 Å². The van der Waals surface area contributed by atoms with Gasteiger partial charge in [-0.2, -0.15) is 0 Å². The lowest BCUT2D eigenvalue weighted by Gasteiger charge is -2.26. The summed E-state index contributed by atoms with van der Waals surface area (Å²) in [5.74, 6) is 0. The summed E-state index contributed by atoms with van der Waals surface area (Å²) in [4.78, 5) is 2.35. The first-order valence-corrected chi connectivity index (χ1v) is 20.1. The number of rotatable bonds is 6. The highest BCUT2D eigenvalue weighted by molar-refractivity contribution is 6.25. The van der Waals surface area contributed by atoms with Crippen LogP contribution in [0.3, 0.4) is 0 Å². The molecule has 0 amide bonds. The molecule has 0 saturated heterocycles. The number of hydrogen-bond donors (Lipinski definition) is 0. The van der Waals surface area contributed by atoms with Gasteiger partial charge >= 0.3 is 0 Å². The summed E-state index contributed by atoms with van der Waals surface area (Å²) in [6.45, 7) is 0. The van der Waals surface area contributed by atoms with Crippen molar-refractivity contribution in [1.29, 1.82) is 0 Å². The van der Waals surface area contributed by atoms with E-state index in [2.05, 4.69) is 193 Å². The van der Waals surface area contributed by atoms with Crippen LogP contribution in [0.25, 0.3) is 98.8 Å². The summed E-state index contributed by atoms with van der Waals surface area (Å²) in [7, 11) is 0. The van der Waals surface area contributed by atoms with Crippen molar-refractivity contribution in [3.8, 4) is 33.4 Å². The fraction of sp³-hybridized carbons (Fsp3) is 0. The van der Waals surface area contributed by atoms with Gasteiger partial charge in [-0.15, -0.1) is 0 Å². The molecule has 12 rings (SSSR count). The first-order chi connectivity index (χ1) is 29.2. The van der Waals surface area contributed by atoms with E-state index >= 15 is 0 Å². The Morgan fingerprint density at radius 1 is 0.271 bits per heavy atom. The van der Waals surface area contributed by atoms with Crippen LogP contribution in [-0.4, -0.2) is 0 Å². The lowest BCUT2D eigenvalue weighted by atomic mass is 9.97. The molecule has 0 unspecified atom stereocenters. The Morgan fingerprint density at radius 2 is 0.746 bits per heavy atom. The van der Waals surface area contributed by atoms with Crippen LogP contribution in [0.15, 0.2) is 221 Å². The predicted octanol–water partition coefficient (Wildman–Crippen LogP) is 16.3. The first-order valence-electron chi connectivity index (χ1n) is 20.1. The lowest BCUT2D eigenvalue weighted by Crippen LogP contribution is -2.10. The number of furan rings is 2. The van der Waals surface area contributed by atoms with Gasteiger partial charge in [0.1, 0.15) is 22.3 Å². The molecule has 0 radical (unpaired) electrons. The van der Waals surface area contributed by atoms with Crippen molar-refractivity contribution in [2.75, 3.05) is 4.90 Å². The van der Waals surface area contributed by atoms with Gasteiger partial charge in [-0.3, -0.25) is 0 Å². The summed E-state index contributed by atoms with van der Waals surface area (Å²) in [5, 5.41) is 9.35. The summed E-state index contributed by atoms with van der Waals surface area (Å²) in [5.41, 5.74) is 13.7. The molecule has 59 heavy (non-hydrogen) atoms. The van der Waals surface area contributed by atoms with Gasteiger partial charge < -0.3 is 13.7 Å². The molecule has 0 spiro atoms. The van der Waals surface area contributed by atoms with Gasteiger partial charge in [0.05, 0.1) is 0 Å². The number of para-hydroxylation sites is 1. The summed E-state index contributed by atoms with van der Waals surface area (Å²) in [6.07, 6.45) is 0. The Balaban J connectivity index is 0.969. The molecular formula is C56H35NO2. The first kappa shape index (κ1) is 33.3. The molecule has 0 bridgehead atoms. The third-order valence-corrected chi connectivity index (χ3v) is 11.9. The van der Waals surface area contributed by atoms with Crippen LogP contribution < -0.4 is 4.90 Å². The third-order valence-electron chi connectivity index (χ3n) is 11.9. The van der Waals surface area contributed by atoms with E-state index in [1.807, 2.05) is 24.3 Å². The second-order valence-electron chi connectivity index (χ2n) is 15.3. The highest BCUT2D eigenvalue weighted by Gasteiger charge is 2.18. The van der Waals surface area contributed by atoms with Gasteiger partial charge in [-0.05, 0) is 122 Å². The number of anilines is 3. The highest BCUT2D eigenvalue weighted by atomic mass is 16.3. The molecule has 276 valence electrons. The molecule has 0 aliphatic carbocycles. The van der Waals surface area contributed by atoms with Crippen molar-refractivity contribution in [3.63, 3.8) is 0 Å². The average Bonchev–Trinajstić information content (AvgIpc) is 3.87. The van der Waals surface area contributed by atoms with E-state index in [0.29, 0.717) is 0 Å². The third kappa shape index (κ3) is 5.51. The Bertz CT molecular complexity index is 3420. The molecule has 0 fully saturated rings. The minimum Gasteiger partial charge on any atom is -0.456 e. The lowest BCUT2D eigenvalue weighted by molar-refractivity contribution is 0.663. The molecule has 0 saturated carbocycles. The van der Waals surface area contributed by atoms with E-state index in [-0.39, 0.29) is 0 Å². The van der Waals surface area contributed by atoms with Crippen molar-refractivity contribution >= 4 is 82.5 Å². The van der Waals surface area contributed by atoms with Gasteiger partial charge in [-0.1, -0.05) is 146 Å². The molecule has 0 atom stereocenters. The van der Waals surface area contributed by atoms with Crippen molar-refractivity contribution in [2.45, 2.75) is 0 Å². The topological polar surface area (TPSA) is 29.5 Å². The van der Waals surface area contributed by atoms with E-state index in [0.717, 1.165) is 72.1 Å². The number of nitrogens with zero attached hydrogens (tertiary/aromatic N) is 1. The number of fused-ring (bicyclic) bond motifs is 9. The Kier molecular flexibility index (Phi) is 7.54. The maximum Gasteiger partial charge on any atom is 0.136 e. The molecule has 0 aliphatic rings. The van der Waals surface area contributed by atoms with Crippen LogP contribution in [0, 0.1) is 0 Å². The minimum absolute atomic E-state index is 0.852. The summed E-state index contributed by atoms with van der Waals surface area (Å²) in [6, 6.07) is 75.8. The Morgan fingerprint density at radius 3 is 1.37 bits per heavy atom. The van der Waals surface area contributed by atoms with Crippen LogP contribution in [0.5, 0.6) is 0 Å². The molecule has 12 aromatic rings. The van der Waals surface area contributed by atoms with Gasteiger partial charge in [0, 0.05) is 38.6 Å². The second kappa shape index (κ2) is 13.4. The van der Waals surface area contributed by atoms with Crippen molar-refractivity contribution in [1.82, 2.24) is 0 Å². The van der Waals surface area contributed by atoms with Crippen LogP contribution in [0.2, 0.25) is 0 Å².